The minimum Gasteiger partial charge on any atom is -0.358 e. The fourth-order valence-corrected chi connectivity index (χ4v) is 2.87. The van der Waals surface area contributed by atoms with Gasteiger partial charge in [-0.25, -0.2) is 15.0 Å². The van der Waals surface area contributed by atoms with Crippen LogP contribution in [0.2, 0.25) is 0 Å². The van der Waals surface area contributed by atoms with Crippen molar-refractivity contribution in [3.63, 3.8) is 0 Å². The van der Waals surface area contributed by atoms with Gasteiger partial charge in [-0.05, 0) is 25.7 Å². The maximum absolute atomic E-state index is 11.3. The Morgan fingerprint density at radius 1 is 1.30 bits per heavy atom. The van der Waals surface area contributed by atoms with E-state index in [1.165, 1.54) is 6.33 Å². The molecule has 2 aliphatic rings. The molecular weight excluding hydrogens is 254 g/mol. The molecule has 0 radical (unpaired) electrons. The second-order valence-electron chi connectivity index (χ2n) is 5.60. The molecule has 2 aliphatic carbocycles. The van der Waals surface area contributed by atoms with E-state index >= 15 is 0 Å². The number of aliphatic hydroxyl groups is 1. The van der Waals surface area contributed by atoms with Crippen LogP contribution in [-0.4, -0.2) is 30.7 Å². The molecule has 2 atom stereocenters. The SMILES string of the molecule is OC(NC1CC1)(C1C=CCC1)n1cnc2cncnc21. The third-order valence-electron chi connectivity index (χ3n) is 4.10. The summed E-state index contributed by atoms with van der Waals surface area (Å²) in [5.74, 6) is -1.12. The van der Waals surface area contributed by atoms with Crippen molar-refractivity contribution in [1.82, 2.24) is 24.8 Å². The summed E-state index contributed by atoms with van der Waals surface area (Å²) >= 11 is 0. The molecule has 2 unspecified atom stereocenters. The number of hydrogen-bond donors (Lipinski definition) is 2. The van der Waals surface area contributed by atoms with E-state index in [1.807, 2.05) is 0 Å². The van der Waals surface area contributed by atoms with Crippen molar-refractivity contribution < 1.29 is 5.11 Å². The largest absolute Gasteiger partial charge is 0.358 e. The van der Waals surface area contributed by atoms with Gasteiger partial charge in [0.05, 0.1) is 6.20 Å². The molecule has 0 amide bonds. The number of nitrogens with one attached hydrogen (secondary N) is 1. The van der Waals surface area contributed by atoms with Gasteiger partial charge in [0.2, 0.25) is 5.85 Å². The van der Waals surface area contributed by atoms with Gasteiger partial charge in [0.1, 0.15) is 18.2 Å². The van der Waals surface area contributed by atoms with Gasteiger partial charge in [0, 0.05) is 12.0 Å². The number of allylic oxidation sites excluding steroid dienone is 1. The molecule has 2 aromatic rings. The number of aromatic nitrogens is 4. The molecule has 2 aromatic heterocycles. The summed E-state index contributed by atoms with van der Waals surface area (Å²) in [5.41, 5.74) is 1.36. The Bertz CT molecular complexity index is 662. The first kappa shape index (κ1) is 12.0. The van der Waals surface area contributed by atoms with Crippen LogP contribution in [0.5, 0.6) is 0 Å². The lowest BCUT2D eigenvalue weighted by atomic mass is 10.0. The Kier molecular flexibility index (Phi) is 2.61. The molecule has 1 saturated carbocycles. The monoisotopic (exact) mass is 271 g/mol. The molecule has 2 heterocycles. The molecule has 6 nitrogen and oxygen atoms in total. The van der Waals surface area contributed by atoms with Crippen LogP contribution in [0.15, 0.2) is 31.0 Å². The molecule has 104 valence electrons. The van der Waals surface area contributed by atoms with Crippen molar-refractivity contribution >= 4 is 11.2 Å². The van der Waals surface area contributed by atoms with Gasteiger partial charge < -0.3 is 5.11 Å². The lowest BCUT2D eigenvalue weighted by Gasteiger charge is -2.35. The van der Waals surface area contributed by atoms with Gasteiger partial charge in [0.15, 0.2) is 5.65 Å². The van der Waals surface area contributed by atoms with Gasteiger partial charge in [-0.3, -0.25) is 9.88 Å². The number of nitrogens with zero attached hydrogens (tertiary/aromatic N) is 4. The molecule has 0 saturated heterocycles. The highest BCUT2D eigenvalue weighted by atomic mass is 16.3. The average molecular weight is 271 g/mol. The zero-order chi connectivity index (χ0) is 13.6. The molecule has 0 aliphatic heterocycles. The third kappa shape index (κ3) is 1.83. The summed E-state index contributed by atoms with van der Waals surface area (Å²) < 4.78 is 1.75. The van der Waals surface area contributed by atoms with E-state index in [-0.39, 0.29) is 5.92 Å². The van der Waals surface area contributed by atoms with Crippen LogP contribution in [0.25, 0.3) is 11.2 Å². The van der Waals surface area contributed by atoms with Crippen LogP contribution in [0.1, 0.15) is 25.7 Å². The molecule has 1 fully saturated rings. The van der Waals surface area contributed by atoms with E-state index in [0.29, 0.717) is 17.2 Å². The molecule has 0 bridgehead atoms. The highest BCUT2D eigenvalue weighted by Gasteiger charge is 2.43. The van der Waals surface area contributed by atoms with Gasteiger partial charge in [-0.1, -0.05) is 12.2 Å². The minimum absolute atomic E-state index is 0.0375. The van der Waals surface area contributed by atoms with Gasteiger partial charge >= 0.3 is 0 Å². The first-order valence-corrected chi connectivity index (χ1v) is 7.07. The summed E-state index contributed by atoms with van der Waals surface area (Å²) in [6, 6.07) is 0.383. The van der Waals surface area contributed by atoms with Crippen molar-refractivity contribution in [1.29, 1.82) is 0 Å². The zero-order valence-electron chi connectivity index (χ0n) is 11.1. The van der Waals surface area contributed by atoms with Crippen molar-refractivity contribution in [2.75, 3.05) is 0 Å². The Balaban J connectivity index is 1.82. The summed E-state index contributed by atoms with van der Waals surface area (Å²) in [5, 5.41) is 14.7. The van der Waals surface area contributed by atoms with E-state index in [4.69, 9.17) is 0 Å². The highest BCUT2D eigenvalue weighted by Crippen LogP contribution is 2.35. The lowest BCUT2D eigenvalue weighted by Crippen LogP contribution is -2.53. The summed E-state index contributed by atoms with van der Waals surface area (Å²) in [6.45, 7) is 0. The Morgan fingerprint density at radius 2 is 2.20 bits per heavy atom. The maximum Gasteiger partial charge on any atom is 0.208 e. The maximum atomic E-state index is 11.3. The van der Waals surface area contributed by atoms with Crippen molar-refractivity contribution in [3.8, 4) is 0 Å². The Hall–Kier alpha value is -1.79. The van der Waals surface area contributed by atoms with Gasteiger partial charge in [-0.15, -0.1) is 0 Å². The van der Waals surface area contributed by atoms with E-state index in [2.05, 4.69) is 32.4 Å². The lowest BCUT2D eigenvalue weighted by molar-refractivity contribution is -0.106. The van der Waals surface area contributed by atoms with E-state index < -0.39 is 5.85 Å². The molecular formula is C14H17N5O. The molecule has 4 rings (SSSR count). The van der Waals surface area contributed by atoms with E-state index in [1.54, 1.807) is 17.1 Å². The first-order valence-electron chi connectivity index (χ1n) is 7.07. The molecule has 0 spiro atoms. The topological polar surface area (TPSA) is 75.9 Å². The molecule has 2 N–H and O–H groups in total. The first-order chi connectivity index (χ1) is 9.77. The molecule has 6 heteroatoms. The second-order valence-corrected chi connectivity index (χ2v) is 5.60. The fraction of sp³-hybridized carbons (Fsp3) is 0.500. The minimum atomic E-state index is -1.16. The molecule has 20 heavy (non-hydrogen) atoms. The van der Waals surface area contributed by atoms with Crippen LogP contribution in [0, 0.1) is 5.92 Å². The number of fused-ring (bicyclic) bond motifs is 1. The highest BCUT2D eigenvalue weighted by molar-refractivity contribution is 5.69. The molecule has 0 aromatic carbocycles. The standard InChI is InChI=1S/C14H17N5O/c20-14(18-11-5-6-11,10-3-1-2-4-10)19-9-17-12-7-15-8-16-13(12)19/h1,3,7-11,18,20H,2,4-6H2. The fourth-order valence-electron chi connectivity index (χ4n) is 2.87. The summed E-state index contributed by atoms with van der Waals surface area (Å²) in [7, 11) is 0. The average Bonchev–Trinajstić information content (AvgIpc) is 2.99. The normalized spacial score (nSPS) is 25.1. The number of imidazole rings is 1. The number of rotatable bonds is 4. The van der Waals surface area contributed by atoms with Crippen molar-refractivity contribution in [3.05, 3.63) is 31.0 Å². The quantitative estimate of drug-likeness (QED) is 0.644. The predicted molar refractivity (Wildman–Crippen MR) is 73.5 cm³/mol. The second kappa shape index (κ2) is 4.36. The predicted octanol–water partition coefficient (Wildman–Crippen LogP) is 1.15. The summed E-state index contributed by atoms with van der Waals surface area (Å²) in [6.07, 6.45) is 13.2. The Morgan fingerprint density at radius 3 is 2.95 bits per heavy atom. The van der Waals surface area contributed by atoms with E-state index in [0.717, 1.165) is 25.7 Å². The zero-order valence-corrected chi connectivity index (χ0v) is 11.1. The van der Waals surface area contributed by atoms with Crippen molar-refractivity contribution in [2.45, 2.75) is 37.6 Å². The van der Waals surface area contributed by atoms with Gasteiger partial charge in [-0.2, -0.15) is 0 Å². The summed E-state index contributed by atoms with van der Waals surface area (Å²) in [4.78, 5) is 12.5. The van der Waals surface area contributed by atoms with Crippen LogP contribution in [0.4, 0.5) is 0 Å². The van der Waals surface area contributed by atoms with Crippen LogP contribution < -0.4 is 5.32 Å². The van der Waals surface area contributed by atoms with Gasteiger partial charge in [0.25, 0.3) is 0 Å². The van der Waals surface area contributed by atoms with Crippen LogP contribution in [0.3, 0.4) is 0 Å². The van der Waals surface area contributed by atoms with Crippen LogP contribution in [-0.2, 0) is 5.85 Å². The van der Waals surface area contributed by atoms with E-state index in [9.17, 15) is 5.11 Å². The van der Waals surface area contributed by atoms with Crippen LogP contribution >= 0.6 is 0 Å². The number of hydrogen-bond acceptors (Lipinski definition) is 5. The van der Waals surface area contributed by atoms with Crippen molar-refractivity contribution in [2.24, 2.45) is 5.92 Å². The Labute approximate surface area is 116 Å². The third-order valence-corrected chi connectivity index (χ3v) is 4.10. The smallest absolute Gasteiger partial charge is 0.208 e.